The first-order chi connectivity index (χ1) is 7.04. The molecule has 0 aromatic rings. The summed E-state index contributed by atoms with van der Waals surface area (Å²) < 4.78 is 0. The van der Waals surface area contributed by atoms with Gasteiger partial charge in [0.1, 0.15) is 0 Å². The minimum absolute atomic E-state index is 1.09. The third-order valence-electron chi connectivity index (χ3n) is 1.82. The molecule has 1 N–H and O–H groups in total. The quantitative estimate of drug-likeness (QED) is 0.689. The maximum absolute atomic E-state index is 4.08. The van der Waals surface area contributed by atoms with Crippen LogP contribution < -0.4 is 5.32 Å². The van der Waals surface area contributed by atoms with Gasteiger partial charge in [0.25, 0.3) is 0 Å². The minimum Gasteiger partial charge on any atom is -0.391 e. The van der Waals surface area contributed by atoms with E-state index < -0.39 is 0 Å². The first-order valence-electron chi connectivity index (χ1n) is 5.84. The van der Waals surface area contributed by atoms with Crippen molar-refractivity contribution in [1.29, 1.82) is 0 Å². The Bertz CT molecular complexity index is 179. The summed E-state index contributed by atoms with van der Waals surface area (Å²) in [6, 6.07) is 0. The van der Waals surface area contributed by atoms with E-state index in [1.54, 1.807) is 0 Å². The van der Waals surface area contributed by atoms with Gasteiger partial charge in [0.15, 0.2) is 0 Å². The third kappa shape index (κ3) is 13.2. The molecule has 0 fully saturated rings. The van der Waals surface area contributed by atoms with Crippen molar-refractivity contribution in [2.24, 2.45) is 4.99 Å². The third-order valence-corrected chi connectivity index (χ3v) is 1.82. The fraction of sp³-hybridized carbons (Fsp3) is 0.769. The maximum Gasteiger partial charge on any atom is 0.0360 e. The van der Waals surface area contributed by atoms with Crippen molar-refractivity contribution in [3.8, 4) is 0 Å². The average Bonchev–Trinajstić information content (AvgIpc) is 2.29. The first-order valence-corrected chi connectivity index (χ1v) is 5.84. The van der Waals surface area contributed by atoms with Crippen molar-refractivity contribution in [1.82, 2.24) is 5.32 Å². The van der Waals surface area contributed by atoms with Gasteiger partial charge >= 0.3 is 0 Å². The van der Waals surface area contributed by atoms with Crippen LogP contribution in [0, 0.1) is 0 Å². The second-order valence-corrected chi connectivity index (χ2v) is 3.02. The molecule has 0 aromatic carbocycles. The van der Waals surface area contributed by atoms with Crippen LogP contribution in [0.5, 0.6) is 0 Å². The minimum atomic E-state index is 1.09. The summed E-state index contributed by atoms with van der Waals surface area (Å²) in [6.07, 6.45) is 1.25. The summed E-state index contributed by atoms with van der Waals surface area (Å²) in [4.78, 5) is 4.08. The summed E-state index contributed by atoms with van der Waals surface area (Å²) in [7, 11) is 3.73. The van der Waals surface area contributed by atoms with Crippen LogP contribution in [0.25, 0.3) is 0 Å². The highest BCUT2D eigenvalue weighted by Crippen LogP contribution is 2.01. The Hall–Kier alpha value is -0.790. The average molecular weight is 214 g/mol. The smallest absolute Gasteiger partial charge is 0.0360 e. The van der Waals surface area contributed by atoms with Gasteiger partial charge in [-0.3, -0.25) is 4.99 Å². The molecule has 0 saturated heterocycles. The molecule has 15 heavy (non-hydrogen) atoms. The Morgan fingerprint density at radius 2 is 1.40 bits per heavy atom. The predicted octanol–water partition coefficient (Wildman–Crippen LogP) is 4.03. The normalized spacial score (nSPS) is 11.4. The van der Waals surface area contributed by atoms with E-state index in [0.29, 0.717) is 0 Å². The lowest BCUT2D eigenvalue weighted by molar-refractivity contribution is 0.972. The van der Waals surface area contributed by atoms with Gasteiger partial charge in [-0.2, -0.15) is 0 Å². The highest BCUT2D eigenvalue weighted by molar-refractivity contribution is 5.98. The summed E-state index contributed by atoms with van der Waals surface area (Å²) in [5.41, 5.74) is 3.50. The van der Waals surface area contributed by atoms with E-state index in [1.165, 1.54) is 17.7 Å². The van der Waals surface area contributed by atoms with Gasteiger partial charge in [-0.15, -0.1) is 0 Å². The molecular formula is C13H30N2. The fourth-order valence-corrected chi connectivity index (χ4v) is 0.627. The highest BCUT2D eigenvalue weighted by Gasteiger charge is 1.96. The zero-order valence-corrected chi connectivity index (χ0v) is 12.2. The predicted molar refractivity (Wildman–Crippen MR) is 73.8 cm³/mol. The standard InChI is InChI=1S/C8H16N2.C3H8.C2H6/c1-6(7(2)9-4)8(3)10-5;1-3-2;1-2/h9H,1-5H3;3H2,1-2H3;1-2H3/b7-6+,10-8?;;. The lowest BCUT2D eigenvalue weighted by Gasteiger charge is -2.05. The van der Waals surface area contributed by atoms with Crippen LogP contribution in [0.3, 0.4) is 0 Å². The fourth-order valence-electron chi connectivity index (χ4n) is 0.627. The van der Waals surface area contributed by atoms with Crippen LogP contribution in [-0.2, 0) is 0 Å². The monoisotopic (exact) mass is 214 g/mol. The number of nitrogens with zero attached hydrogens (tertiary/aromatic N) is 1. The van der Waals surface area contributed by atoms with Crippen molar-refractivity contribution in [3.05, 3.63) is 11.3 Å². The van der Waals surface area contributed by atoms with Gasteiger partial charge in [-0.05, 0) is 26.3 Å². The van der Waals surface area contributed by atoms with Crippen molar-refractivity contribution in [3.63, 3.8) is 0 Å². The van der Waals surface area contributed by atoms with Gasteiger partial charge in [0.05, 0.1) is 0 Å². The molecule has 0 aromatic heterocycles. The topological polar surface area (TPSA) is 24.4 Å². The molecule has 0 bridgehead atoms. The Morgan fingerprint density at radius 1 is 1.07 bits per heavy atom. The molecule has 0 atom stereocenters. The second kappa shape index (κ2) is 15.7. The molecule has 0 radical (unpaired) electrons. The van der Waals surface area contributed by atoms with E-state index >= 15 is 0 Å². The summed E-state index contributed by atoms with van der Waals surface area (Å²) >= 11 is 0. The Kier molecular flexibility index (Phi) is 20.6. The Morgan fingerprint density at radius 3 is 1.60 bits per heavy atom. The van der Waals surface area contributed by atoms with Crippen LogP contribution in [-0.4, -0.2) is 19.8 Å². The molecule has 92 valence electrons. The van der Waals surface area contributed by atoms with Gasteiger partial charge in [-0.25, -0.2) is 0 Å². The summed E-state index contributed by atoms with van der Waals surface area (Å²) in [5, 5.41) is 3.08. The van der Waals surface area contributed by atoms with E-state index in [9.17, 15) is 0 Å². The number of rotatable bonds is 2. The molecule has 0 spiro atoms. The molecule has 2 heteroatoms. The van der Waals surface area contributed by atoms with Crippen LogP contribution in [0.15, 0.2) is 16.3 Å². The van der Waals surface area contributed by atoms with Crippen LogP contribution in [0.2, 0.25) is 0 Å². The van der Waals surface area contributed by atoms with E-state index in [-0.39, 0.29) is 0 Å². The van der Waals surface area contributed by atoms with Crippen molar-refractivity contribution >= 4 is 5.71 Å². The van der Waals surface area contributed by atoms with Gasteiger partial charge in [0, 0.05) is 25.5 Å². The number of hydrogen-bond donors (Lipinski definition) is 1. The van der Waals surface area contributed by atoms with E-state index in [4.69, 9.17) is 0 Å². The molecule has 2 nitrogen and oxygen atoms in total. The van der Waals surface area contributed by atoms with Crippen LogP contribution >= 0.6 is 0 Å². The van der Waals surface area contributed by atoms with E-state index in [1.807, 2.05) is 41.8 Å². The molecule has 0 aliphatic rings. The van der Waals surface area contributed by atoms with Crippen molar-refractivity contribution in [2.45, 2.75) is 54.9 Å². The zero-order chi connectivity index (χ0) is 12.9. The zero-order valence-electron chi connectivity index (χ0n) is 12.2. The van der Waals surface area contributed by atoms with E-state index in [2.05, 4.69) is 31.1 Å². The lowest BCUT2D eigenvalue weighted by atomic mass is 10.1. The molecule has 0 rings (SSSR count). The van der Waals surface area contributed by atoms with Gasteiger partial charge < -0.3 is 5.32 Å². The van der Waals surface area contributed by atoms with Crippen molar-refractivity contribution < 1.29 is 0 Å². The number of hydrogen-bond acceptors (Lipinski definition) is 2. The number of nitrogens with one attached hydrogen (secondary N) is 1. The molecular weight excluding hydrogens is 184 g/mol. The van der Waals surface area contributed by atoms with Gasteiger partial charge in [0.2, 0.25) is 0 Å². The highest BCUT2D eigenvalue weighted by atomic mass is 14.8. The molecule has 0 saturated carbocycles. The largest absolute Gasteiger partial charge is 0.391 e. The van der Waals surface area contributed by atoms with Crippen LogP contribution in [0.1, 0.15) is 54.9 Å². The maximum atomic E-state index is 4.08. The molecule has 0 aliphatic carbocycles. The molecule has 0 amide bonds. The number of aliphatic imine (C=N–C) groups is 1. The molecule has 0 heterocycles. The summed E-state index contributed by atoms with van der Waals surface area (Å²) in [6.45, 7) is 14.4. The SMILES string of the molecule is CC.CCC.CN=C(C)/C(C)=C(\C)NC. The van der Waals surface area contributed by atoms with Crippen LogP contribution in [0.4, 0.5) is 0 Å². The number of allylic oxidation sites excluding steroid dienone is 2. The van der Waals surface area contributed by atoms with Crippen molar-refractivity contribution in [2.75, 3.05) is 14.1 Å². The van der Waals surface area contributed by atoms with E-state index in [0.717, 1.165) is 5.71 Å². The Balaban J connectivity index is -0.000000245. The molecule has 0 aliphatic heterocycles. The lowest BCUT2D eigenvalue weighted by Crippen LogP contribution is -2.08. The first kappa shape index (κ1) is 19.7. The molecule has 0 unspecified atom stereocenters. The summed E-state index contributed by atoms with van der Waals surface area (Å²) in [5.74, 6) is 0. The second-order valence-electron chi connectivity index (χ2n) is 3.02. The Labute approximate surface area is 96.9 Å². The van der Waals surface area contributed by atoms with Gasteiger partial charge in [-0.1, -0.05) is 34.1 Å².